The number of para-hydroxylation sites is 2. The van der Waals surface area contributed by atoms with Crippen LogP contribution >= 0.6 is 11.1 Å². The number of rotatable bonds is 6. The van der Waals surface area contributed by atoms with Crippen molar-refractivity contribution in [2.75, 3.05) is 24.7 Å². The van der Waals surface area contributed by atoms with Crippen LogP contribution in [-0.4, -0.2) is 43.3 Å². The lowest BCUT2D eigenvalue weighted by molar-refractivity contribution is 0.0824. The lowest BCUT2D eigenvalue weighted by Gasteiger charge is -2.29. The maximum absolute atomic E-state index is 12.4. The van der Waals surface area contributed by atoms with Gasteiger partial charge in [0, 0.05) is 28.2 Å². The minimum Gasteiger partial charge on any atom is -0.546 e. The number of hydrogen-bond acceptors (Lipinski definition) is 8. The fraction of sp³-hybridized carbons (Fsp3) is 0.292. The summed E-state index contributed by atoms with van der Waals surface area (Å²) < 4.78 is 26.5. The third-order valence-electron chi connectivity index (χ3n) is 5.36. The van der Waals surface area contributed by atoms with Gasteiger partial charge in [0.15, 0.2) is 16.9 Å². The van der Waals surface area contributed by atoms with Crippen molar-refractivity contribution in [3.05, 3.63) is 59.9 Å². The number of aromatic nitrogens is 2. The van der Waals surface area contributed by atoms with E-state index in [1.807, 2.05) is 30.3 Å². The van der Waals surface area contributed by atoms with Crippen LogP contribution < -0.4 is 10.6 Å². The Morgan fingerprint density at radius 2 is 1.82 bits per heavy atom. The first-order valence-corrected chi connectivity index (χ1v) is 11.8. The van der Waals surface area contributed by atoms with Gasteiger partial charge in [-0.25, -0.2) is 0 Å². The van der Waals surface area contributed by atoms with Crippen LogP contribution in [0.3, 0.4) is 0 Å². The quantitative estimate of drug-likeness (QED) is 0.250. The number of nitrogens with zero attached hydrogens (tertiary/aromatic N) is 3. The Hall–Kier alpha value is -3.63. The molecule has 2 aromatic carbocycles. The summed E-state index contributed by atoms with van der Waals surface area (Å²) in [5.41, 5.74) is 0.850. The number of furan rings is 1. The van der Waals surface area contributed by atoms with Crippen molar-refractivity contribution in [3.63, 3.8) is 0 Å². The molecule has 178 valence electrons. The van der Waals surface area contributed by atoms with Crippen LogP contribution in [0.15, 0.2) is 52.9 Å². The molecule has 0 aliphatic heterocycles. The summed E-state index contributed by atoms with van der Waals surface area (Å²) in [6, 6.07) is 14.2. The third kappa shape index (κ3) is 4.68. The second-order valence-electron chi connectivity index (χ2n) is 9.27. The van der Waals surface area contributed by atoms with Gasteiger partial charge in [-0.15, -0.1) is 0 Å². The minimum atomic E-state index is -1.84. The predicted molar refractivity (Wildman–Crippen MR) is 132 cm³/mol. The van der Waals surface area contributed by atoms with Crippen LogP contribution in [-0.2, 0) is 0 Å². The highest BCUT2D eigenvalue weighted by atomic mass is 32.2. The number of carbonyl (C=O) groups excluding carboxylic acids is 1. The highest BCUT2D eigenvalue weighted by Gasteiger charge is 2.32. The molecule has 0 saturated heterocycles. The molecule has 2 atom stereocenters. The molecule has 3 N–H and O–H groups in total. The van der Waals surface area contributed by atoms with Crippen molar-refractivity contribution in [1.82, 2.24) is 13.6 Å². The predicted octanol–water partition coefficient (Wildman–Crippen LogP) is 5.30. The fourth-order valence-corrected chi connectivity index (χ4v) is 4.25. The molecule has 2 heterocycles. The number of carbonyl (C=O) groups is 1. The monoisotopic (exact) mass is 481 g/mol. The SMILES string of the molecule is CN(C)C(=O)c1cccc(Nc2n[s+]([O-])nc2N[C@@H](c2cc3ccccc3o2)C(C)(C)C)c1O. The number of benzene rings is 2. The van der Waals surface area contributed by atoms with Crippen LogP contribution in [0.5, 0.6) is 5.75 Å². The molecule has 34 heavy (non-hydrogen) atoms. The van der Waals surface area contributed by atoms with Gasteiger partial charge in [0.05, 0.1) is 17.3 Å². The summed E-state index contributed by atoms with van der Waals surface area (Å²) in [5.74, 6) is 0.583. The summed E-state index contributed by atoms with van der Waals surface area (Å²) in [7, 11) is 3.21. The zero-order valence-electron chi connectivity index (χ0n) is 19.6. The van der Waals surface area contributed by atoms with E-state index in [0.717, 1.165) is 11.0 Å². The lowest BCUT2D eigenvalue weighted by atomic mass is 9.85. The molecule has 0 spiro atoms. The molecule has 0 aliphatic carbocycles. The number of phenols is 1. The first kappa shape index (κ1) is 23.5. The Morgan fingerprint density at radius 3 is 2.50 bits per heavy atom. The van der Waals surface area contributed by atoms with Gasteiger partial charge in [0.2, 0.25) is 11.6 Å². The molecule has 0 bridgehead atoms. The van der Waals surface area contributed by atoms with Crippen molar-refractivity contribution in [3.8, 4) is 5.75 Å². The van der Waals surface area contributed by atoms with Gasteiger partial charge >= 0.3 is 0 Å². The molecule has 9 nitrogen and oxygen atoms in total. The zero-order chi connectivity index (χ0) is 24.6. The van der Waals surface area contributed by atoms with Gasteiger partial charge in [0.1, 0.15) is 11.3 Å². The molecule has 4 rings (SSSR count). The minimum absolute atomic E-state index is 0.135. The van der Waals surface area contributed by atoms with E-state index >= 15 is 0 Å². The molecule has 0 aliphatic rings. The van der Waals surface area contributed by atoms with E-state index in [0.29, 0.717) is 5.76 Å². The van der Waals surface area contributed by atoms with Crippen LogP contribution in [0, 0.1) is 5.41 Å². The number of fused-ring (bicyclic) bond motifs is 1. The summed E-state index contributed by atoms with van der Waals surface area (Å²) in [4.78, 5) is 13.7. The highest BCUT2D eigenvalue weighted by molar-refractivity contribution is 7.14. The summed E-state index contributed by atoms with van der Waals surface area (Å²) >= 11 is -1.84. The average molecular weight is 482 g/mol. The first-order valence-electron chi connectivity index (χ1n) is 10.7. The Labute approximate surface area is 200 Å². The number of aromatic hydroxyl groups is 1. The number of anilines is 3. The Kier molecular flexibility index (Phi) is 6.20. The second-order valence-corrected chi connectivity index (χ2v) is 10.1. The second kappa shape index (κ2) is 8.96. The maximum Gasteiger partial charge on any atom is 0.257 e. The highest BCUT2D eigenvalue weighted by Crippen LogP contribution is 2.41. The van der Waals surface area contributed by atoms with Crippen molar-refractivity contribution in [2.24, 2.45) is 5.41 Å². The number of amides is 1. The van der Waals surface area contributed by atoms with E-state index in [1.165, 1.54) is 11.0 Å². The molecule has 10 heteroatoms. The number of nitrogens with one attached hydrogen (secondary N) is 2. The van der Waals surface area contributed by atoms with E-state index in [4.69, 9.17) is 4.42 Å². The van der Waals surface area contributed by atoms with Crippen LogP contribution in [0.25, 0.3) is 11.0 Å². The maximum atomic E-state index is 12.4. The Bertz CT molecular complexity index is 1310. The first-order chi connectivity index (χ1) is 16.0. The third-order valence-corrected chi connectivity index (χ3v) is 6.04. The normalized spacial score (nSPS) is 13.1. The number of phenolic OH excluding ortho intramolecular Hbond substituents is 1. The van der Waals surface area contributed by atoms with Crippen molar-refractivity contribution in [1.29, 1.82) is 0 Å². The summed E-state index contributed by atoms with van der Waals surface area (Å²) in [5, 5.41) is 17.9. The van der Waals surface area contributed by atoms with Gasteiger partial charge < -0.3 is 29.6 Å². The summed E-state index contributed by atoms with van der Waals surface area (Å²) in [6.07, 6.45) is 0. The van der Waals surface area contributed by atoms with Gasteiger partial charge in [-0.3, -0.25) is 4.79 Å². The van der Waals surface area contributed by atoms with Crippen LogP contribution in [0.4, 0.5) is 17.3 Å². The van der Waals surface area contributed by atoms with Gasteiger partial charge in [-0.2, -0.15) is 0 Å². The molecule has 1 unspecified atom stereocenters. The number of hydrogen-bond donors (Lipinski definition) is 3. The van der Waals surface area contributed by atoms with Gasteiger partial charge in [-0.1, -0.05) is 45.0 Å². The average Bonchev–Trinajstić information content (AvgIpc) is 3.34. The molecule has 1 amide bonds. The van der Waals surface area contributed by atoms with Gasteiger partial charge in [-0.05, 0) is 29.7 Å². The molecular formula is C24H27N5O4S. The topological polar surface area (TPSA) is 127 Å². The van der Waals surface area contributed by atoms with E-state index < -0.39 is 11.1 Å². The van der Waals surface area contributed by atoms with E-state index in [9.17, 15) is 14.5 Å². The standard InChI is InChI=1S/C24H27N5O4S/c1-24(2,3)20(18-13-14-9-6-7-12-17(14)33-18)26-22-21(27-34(32)28-22)25-16-11-8-10-15(19(16)30)23(31)29(4)5/h6-13,20,30H,1-5H3,(H,25,27)(H,26,28)/t20-,34?/m0/s1. The molecular weight excluding hydrogens is 454 g/mol. The largest absolute Gasteiger partial charge is 0.546 e. The molecule has 0 radical (unpaired) electrons. The fourth-order valence-electron chi connectivity index (χ4n) is 3.62. The van der Waals surface area contributed by atoms with Crippen molar-refractivity contribution < 1.29 is 18.9 Å². The smallest absolute Gasteiger partial charge is 0.257 e. The lowest BCUT2D eigenvalue weighted by Crippen LogP contribution is -2.25. The van der Waals surface area contributed by atoms with E-state index in [-0.39, 0.29) is 46.0 Å². The van der Waals surface area contributed by atoms with Gasteiger partial charge in [0.25, 0.3) is 5.91 Å². The van der Waals surface area contributed by atoms with Crippen LogP contribution in [0.1, 0.15) is 42.9 Å². The zero-order valence-corrected chi connectivity index (χ0v) is 20.4. The molecule has 0 saturated carbocycles. The van der Waals surface area contributed by atoms with Crippen molar-refractivity contribution in [2.45, 2.75) is 26.8 Å². The van der Waals surface area contributed by atoms with Crippen molar-refractivity contribution >= 4 is 45.3 Å². The molecule has 4 aromatic rings. The molecule has 0 fully saturated rings. The summed E-state index contributed by atoms with van der Waals surface area (Å²) in [6.45, 7) is 6.16. The Morgan fingerprint density at radius 1 is 1.12 bits per heavy atom. The van der Waals surface area contributed by atoms with Crippen LogP contribution in [0.2, 0.25) is 0 Å². The van der Waals surface area contributed by atoms with E-state index in [1.54, 1.807) is 26.2 Å². The Balaban J connectivity index is 1.68. The molecule has 2 aromatic heterocycles. The van der Waals surface area contributed by atoms with E-state index in [2.05, 4.69) is 40.2 Å².